The number of hydrogen-bond donors (Lipinski definition) is 1. The molecule has 0 bridgehead atoms. The van der Waals surface area contributed by atoms with Crippen LogP contribution in [0.4, 0.5) is 10.2 Å². The highest BCUT2D eigenvalue weighted by Crippen LogP contribution is 2.33. The van der Waals surface area contributed by atoms with Gasteiger partial charge < -0.3 is 10.0 Å². The number of aryl methyl sites for hydroxylation is 1. The molecular weight excluding hydrogens is 341 g/mol. The Hall–Kier alpha value is -1.54. The van der Waals surface area contributed by atoms with E-state index in [1.807, 2.05) is 4.90 Å². The lowest BCUT2D eigenvalue weighted by atomic mass is 9.90. The molecule has 21 heavy (non-hydrogen) atoms. The van der Waals surface area contributed by atoms with E-state index in [1.165, 1.54) is 12.4 Å². The third-order valence-electron chi connectivity index (χ3n) is 3.81. The van der Waals surface area contributed by atoms with Gasteiger partial charge in [0, 0.05) is 43.6 Å². The predicted molar refractivity (Wildman–Crippen MR) is 78.2 cm³/mol. The molecule has 8 heteroatoms. The summed E-state index contributed by atoms with van der Waals surface area (Å²) in [5, 5.41) is 14.7. The first-order valence-electron chi connectivity index (χ1n) is 6.62. The van der Waals surface area contributed by atoms with Crippen LogP contribution in [0, 0.1) is 5.82 Å². The van der Waals surface area contributed by atoms with Crippen LogP contribution in [0.2, 0.25) is 0 Å². The highest BCUT2D eigenvalue weighted by Gasteiger charge is 2.38. The van der Waals surface area contributed by atoms with Crippen molar-refractivity contribution in [3.05, 3.63) is 34.7 Å². The number of anilines is 1. The molecular formula is C13H15BrFN5O. The van der Waals surface area contributed by atoms with Crippen molar-refractivity contribution in [1.82, 2.24) is 19.7 Å². The van der Waals surface area contributed by atoms with Crippen LogP contribution in [0.15, 0.2) is 23.1 Å². The summed E-state index contributed by atoms with van der Waals surface area (Å²) < 4.78 is 16.1. The zero-order chi connectivity index (χ0) is 15.0. The molecule has 0 aliphatic carbocycles. The van der Waals surface area contributed by atoms with E-state index in [0.717, 1.165) is 0 Å². The maximum atomic E-state index is 13.9. The summed E-state index contributed by atoms with van der Waals surface area (Å²) in [6.07, 6.45) is 3.91. The average molecular weight is 356 g/mol. The van der Waals surface area contributed by atoms with Crippen LogP contribution < -0.4 is 4.90 Å². The first kappa shape index (κ1) is 14.4. The molecule has 0 atom stereocenters. The minimum Gasteiger partial charge on any atom is -0.382 e. The molecule has 0 saturated carbocycles. The van der Waals surface area contributed by atoms with Crippen LogP contribution in [0.25, 0.3) is 0 Å². The lowest BCUT2D eigenvalue weighted by molar-refractivity contribution is -0.000286. The number of piperidine rings is 1. The first-order chi connectivity index (χ1) is 9.99. The predicted octanol–water partition coefficient (Wildman–Crippen LogP) is 1.60. The second-order valence-electron chi connectivity index (χ2n) is 5.18. The van der Waals surface area contributed by atoms with Gasteiger partial charge in [0.15, 0.2) is 17.5 Å². The Morgan fingerprint density at radius 1 is 1.33 bits per heavy atom. The molecule has 3 rings (SSSR count). The van der Waals surface area contributed by atoms with E-state index < -0.39 is 5.60 Å². The third-order valence-corrected chi connectivity index (χ3v) is 4.24. The fourth-order valence-electron chi connectivity index (χ4n) is 2.67. The summed E-state index contributed by atoms with van der Waals surface area (Å²) in [7, 11) is 1.75. The van der Waals surface area contributed by atoms with Gasteiger partial charge in [0.05, 0.1) is 0 Å². The largest absolute Gasteiger partial charge is 0.382 e. The lowest BCUT2D eigenvalue weighted by Crippen LogP contribution is -2.44. The van der Waals surface area contributed by atoms with Gasteiger partial charge in [-0.25, -0.2) is 14.4 Å². The molecule has 6 nitrogen and oxygen atoms in total. The molecule has 2 aromatic rings. The standard InChI is InChI=1S/C13H15BrFN5O/c1-19-12(17-8-18-19)13(21)2-4-20(5-3-13)11-10(15)6-9(14)7-16-11/h6-8,21H,2-5H2,1H3. The number of hydrogen-bond acceptors (Lipinski definition) is 5. The van der Waals surface area contributed by atoms with Crippen LogP contribution in [0.5, 0.6) is 0 Å². The van der Waals surface area contributed by atoms with E-state index in [1.54, 1.807) is 17.9 Å². The topological polar surface area (TPSA) is 67.1 Å². The summed E-state index contributed by atoms with van der Waals surface area (Å²) in [5.74, 6) is 0.498. The minimum absolute atomic E-state index is 0.318. The Kier molecular flexibility index (Phi) is 3.66. The maximum absolute atomic E-state index is 13.9. The molecule has 0 spiro atoms. The van der Waals surface area contributed by atoms with Gasteiger partial charge >= 0.3 is 0 Å². The Morgan fingerprint density at radius 3 is 2.62 bits per heavy atom. The summed E-state index contributed by atoms with van der Waals surface area (Å²) in [6.45, 7) is 1.02. The number of pyridine rings is 1. The van der Waals surface area contributed by atoms with Crippen LogP contribution in [-0.2, 0) is 12.6 Å². The molecule has 112 valence electrons. The van der Waals surface area contributed by atoms with E-state index in [2.05, 4.69) is 31.0 Å². The van der Waals surface area contributed by atoms with E-state index >= 15 is 0 Å². The second-order valence-corrected chi connectivity index (χ2v) is 6.10. The summed E-state index contributed by atoms with van der Waals surface area (Å²) in [6, 6.07) is 1.39. The monoisotopic (exact) mass is 355 g/mol. The fraction of sp³-hybridized carbons (Fsp3) is 0.462. The highest BCUT2D eigenvalue weighted by atomic mass is 79.9. The van der Waals surface area contributed by atoms with Crippen molar-refractivity contribution in [3.63, 3.8) is 0 Å². The lowest BCUT2D eigenvalue weighted by Gasteiger charge is -2.37. The van der Waals surface area contributed by atoms with Crippen LogP contribution in [0.3, 0.4) is 0 Å². The van der Waals surface area contributed by atoms with Gasteiger partial charge in [-0.15, -0.1) is 0 Å². The van der Waals surface area contributed by atoms with Crippen LogP contribution in [-0.4, -0.2) is 37.9 Å². The summed E-state index contributed by atoms with van der Waals surface area (Å²) >= 11 is 3.19. The molecule has 0 radical (unpaired) electrons. The molecule has 0 amide bonds. The van der Waals surface area contributed by atoms with Gasteiger partial charge in [-0.1, -0.05) is 0 Å². The van der Waals surface area contributed by atoms with Crippen molar-refractivity contribution < 1.29 is 9.50 Å². The van der Waals surface area contributed by atoms with Gasteiger partial charge in [-0.05, 0) is 22.0 Å². The van der Waals surface area contributed by atoms with Crippen molar-refractivity contribution in [3.8, 4) is 0 Å². The van der Waals surface area contributed by atoms with Gasteiger partial charge in [0.2, 0.25) is 0 Å². The van der Waals surface area contributed by atoms with Crippen molar-refractivity contribution >= 4 is 21.7 Å². The normalized spacial score (nSPS) is 18.0. The van der Waals surface area contributed by atoms with E-state index in [0.29, 0.717) is 42.0 Å². The third kappa shape index (κ3) is 2.65. The van der Waals surface area contributed by atoms with Gasteiger partial charge in [0.25, 0.3) is 0 Å². The smallest absolute Gasteiger partial charge is 0.166 e. The van der Waals surface area contributed by atoms with Gasteiger partial charge in [-0.2, -0.15) is 5.10 Å². The molecule has 0 aromatic carbocycles. The number of aliphatic hydroxyl groups is 1. The van der Waals surface area contributed by atoms with E-state index in [-0.39, 0.29) is 5.82 Å². The Morgan fingerprint density at radius 2 is 2.05 bits per heavy atom. The van der Waals surface area contributed by atoms with Crippen molar-refractivity contribution in [2.75, 3.05) is 18.0 Å². The number of rotatable bonds is 2. The molecule has 2 aromatic heterocycles. The average Bonchev–Trinajstić information content (AvgIpc) is 2.87. The van der Waals surface area contributed by atoms with Gasteiger partial charge in [-0.3, -0.25) is 4.68 Å². The van der Waals surface area contributed by atoms with Gasteiger partial charge in [0.1, 0.15) is 11.9 Å². The first-order valence-corrected chi connectivity index (χ1v) is 7.42. The Labute approximate surface area is 129 Å². The zero-order valence-electron chi connectivity index (χ0n) is 11.5. The van der Waals surface area contributed by atoms with Crippen LogP contribution in [0.1, 0.15) is 18.7 Å². The Balaban J connectivity index is 1.77. The SMILES string of the molecule is Cn1ncnc1C1(O)CCN(c2ncc(Br)cc2F)CC1. The van der Waals surface area contributed by atoms with E-state index in [9.17, 15) is 9.50 Å². The molecule has 0 unspecified atom stereocenters. The molecule has 1 aliphatic heterocycles. The molecule has 1 N–H and O–H groups in total. The fourth-order valence-corrected chi connectivity index (χ4v) is 2.97. The maximum Gasteiger partial charge on any atom is 0.166 e. The second kappa shape index (κ2) is 5.34. The summed E-state index contributed by atoms with van der Waals surface area (Å²) in [5.41, 5.74) is -1.02. The van der Waals surface area contributed by atoms with Crippen molar-refractivity contribution in [2.45, 2.75) is 18.4 Å². The highest BCUT2D eigenvalue weighted by molar-refractivity contribution is 9.10. The van der Waals surface area contributed by atoms with Crippen molar-refractivity contribution in [1.29, 1.82) is 0 Å². The van der Waals surface area contributed by atoms with Crippen LogP contribution >= 0.6 is 15.9 Å². The quantitative estimate of drug-likeness (QED) is 0.886. The minimum atomic E-state index is -1.02. The number of nitrogens with zero attached hydrogens (tertiary/aromatic N) is 5. The Bertz CT molecular complexity index is 654. The van der Waals surface area contributed by atoms with E-state index in [4.69, 9.17) is 0 Å². The van der Waals surface area contributed by atoms with Crippen molar-refractivity contribution in [2.24, 2.45) is 7.05 Å². The molecule has 1 aliphatic rings. The molecule has 1 saturated heterocycles. The number of halogens is 2. The molecule has 1 fully saturated rings. The summed E-state index contributed by atoms with van der Waals surface area (Å²) in [4.78, 5) is 10.1. The number of aromatic nitrogens is 4. The molecule has 3 heterocycles. The zero-order valence-corrected chi connectivity index (χ0v) is 13.1.